The number of halogens is 2. The summed E-state index contributed by atoms with van der Waals surface area (Å²) < 4.78 is 31.9. The van der Waals surface area contributed by atoms with Crippen molar-refractivity contribution in [2.75, 3.05) is 0 Å². The minimum Gasteiger partial charge on any atom is -0.467 e. The highest BCUT2D eigenvalue weighted by molar-refractivity contribution is 5.94. The number of rotatable bonds is 5. The van der Waals surface area contributed by atoms with Gasteiger partial charge in [0.15, 0.2) is 0 Å². The fourth-order valence-corrected chi connectivity index (χ4v) is 2.12. The van der Waals surface area contributed by atoms with E-state index in [0.717, 1.165) is 6.07 Å². The number of aryl methyl sites for hydroxylation is 1. The third kappa shape index (κ3) is 3.71. The summed E-state index contributed by atoms with van der Waals surface area (Å²) in [4.78, 5) is 12.0. The van der Waals surface area contributed by atoms with Crippen LogP contribution in [0.2, 0.25) is 0 Å². The molecule has 0 saturated carbocycles. The van der Waals surface area contributed by atoms with Crippen LogP contribution in [0.25, 0.3) is 0 Å². The number of hydrogen-bond donors (Lipinski definition) is 2. The maximum Gasteiger partial charge on any atom is 0.254 e. The number of nitrogens with one attached hydrogen (secondary N) is 1. The molecule has 1 aromatic carbocycles. The van der Waals surface area contributed by atoms with Gasteiger partial charge in [0.25, 0.3) is 5.91 Å². The Labute approximate surface area is 126 Å². The Hall–Kier alpha value is -2.21. The number of aliphatic hydroxyl groups excluding tert-OH is 1. The van der Waals surface area contributed by atoms with Crippen molar-refractivity contribution in [1.82, 2.24) is 5.32 Å². The number of hydrogen-bond acceptors (Lipinski definition) is 3. The highest BCUT2D eigenvalue weighted by atomic mass is 19.1. The van der Waals surface area contributed by atoms with Crippen LogP contribution >= 0.6 is 0 Å². The van der Waals surface area contributed by atoms with Crippen molar-refractivity contribution in [1.29, 1.82) is 0 Å². The highest BCUT2D eigenvalue weighted by Gasteiger charge is 2.19. The van der Waals surface area contributed by atoms with Gasteiger partial charge in [0.2, 0.25) is 0 Å². The van der Waals surface area contributed by atoms with Gasteiger partial charge in [0.1, 0.15) is 23.5 Å². The minimum atomic E-state index is -0.917. The van der Waals surface area contributed by atoms with Crippen molar-refractivity contribution >= 4 is 5.91 Å². The molecule has 1 aromatic heterocycles. The van der Waals surface area contributed by atoms with E-state index in [4.69, 9.17) is 4.42 Å². The first-order valence-electron chi connectivity index (χ1n) is 6.86. The summed E-state index contributed by atoms with van der Waals surface area (Å²) in [6.07, 6.45) is 0.782. The summed E-state index contributed by atoms with van der Waals surface area (Å²) in [5.41, 5.74) is -0.0342. The fraction of sp³-hybridized carbons (Fsp3) is 0.312. The van der Waals surface area contributed by atoms with Crippen molar-refractivity contribution in [3.63, 3.8) is 0 Å². The molecule has 0 fully saturated rings. The monoisotopic (exact) mass is 309 g/mol. The molecule has 0 saturated heterocycles. The molecule has 0 aliphatic carbocycles. The van der Waals surface area contributed by atoms with E-state index in [0.29, 0.717) is 11.8 Å². The summed E-state index contributed by atoms with van der Waals surface area (Å²) in [5, 5.41) is 12.5. The fourth-order valence-electron chi connectivity index (χ4n) is 2.12. The third-order valence-electron chi connectivity index (χ3n) is 3.32. The van der Waals surface area contributed by atoms with Crippen molar-refractivity contribution < 1.29 is 23.1 Å². The van der Waals surface area contributed by atoms with E-state index >= 15 is 0 Å². The lowest BCUT2D eigenvalue weighted by molar-refractivity contribution is 0.0899. The molecule has 2 N–H and O–H groups in total. The molecule has 6 heteroatoms. The van der Waals surface area contributed by atoms with E-state index in [1.165, 1.54) is 13.2 Å². The second-order valence-corrected chi connectivity index (χ2v) is 5.22. The van der Waals surface area contributed by atoms with E-state index in [1.54, 1.807) is 19.1 Å². The molecule has 2 aromatic rings. The average Bonchev–Trinajstić information content (AvgIpc) is 2.96. The van der Waals surface area contributed by atoms with Crippen LogP contribution in [-0.4, -0.2) is 17.1 Å². The molecule has 2 unspecified atom stereocenters. The zero-order valence-corrected chi connectivity index (χ0v) is 12.3. The summed E-state index contributed by atoms with van der Waals surface area (Å²) in [5.74, 6) is -1.88. The van der Waals surface area contributed by atoms with Crippen molar-refractivity contribution in [2.24, 2.45) is 0 Å². The number of carbonyl (C=O) groups is 1. The first-order valence-corrected chi connectivity index (χ1v) is 6.86. The largest absolute Gasteiger partial charge is 0.467 e. The molecule has 0 spiro atoms. The number of benzene rings is 1. The lowest BCUT2D eigenvalue weighted by atomic mass is 10.1. The van der Waals surface area contributed by atoms with Gasteiger partial charge in [-0.05, 0) is 37.6 Å². The van der Waals surface area contributed by atoms with Gasteiger partial charge in [-0.2, -0.15) is 0 Å². The first kappa shape index (κ1) is 16.2. The number of carbonyl (C=O) groups excluding carboxylic acids is 1. The van der Waals surface area contributed by atoms with E-state index in [1.807, 2.05) is 0 Å². The number of amides is 1. The van der Waals surface area contributed by atoms with E-state index in [-0.39, 0.29) is 17.5 Å². The van der Waals surface area contributed by atoms with Gasteiger partial charge >= 0.3 is 0 Å². The van der Waals surface area contributed by atoms with Crippen LogP contribution in [0.1, 0.15) is 41.1 Å². The van der Waals surface area contributed by atoms with E-state index in [9.17, 15) is 18.7 Å². The Morgan fingerprint density at radius 2 is 2.09 bits per heavy atom. The SMILES string of the molecule is Cc1cc(C(=O)NC(C)CC(O)c2ccco2)c(F)cc1F. The molecule has 1 heterocycles. The van der Waals surface area contributed by atoms with Gasteiger partial charge in [-0.15, -0.1) is 0 Å². The topological polar surface area (TPSA) is 62.5 Å². The normalized spacial score (nSPS) is 13.7. The van der Waals surface area contributed by atoms with Crippen LogP contribution in [-0.2, 0) is 0 Å². The summed E-state index contributed by atoms with van der Waals surface area (Å²) >= 11 is 0. The molecule has 0 bridgehead atoms. The van der Waals surface area contributed by atoms with Crippen LogP contribution in [0, 0.1) is 18.6 Å². The van der Waals surface area contributed by atoms with Crippen LogP contribution in [0.3, 0.4) is 0 Å². The van der Waals surface area contributed by atoms with Gasteiger partial charge in [-0.25, -0.2) is 8.78 Å². The molecule has 4 nitrogen and oxygen atoms in total. The van der Waals surface area contributed by atoms with Gasteiger partial charge in [0.05, 0.1) is 11.8 Å². The minimum absolute atomic E-state index is 0.190. The van der Waals surface area contributed by atoms with Crippen LogP contribution < -0.4 is 5.32 Å². The zero-order valence-electron chi connectivity index (χ0n) is 12.3. The quantitative estimate of drug-likeness (QED) is 0.892. The maximum absolute atomic E-state index is 13.7. The average molecular weight is 309 g/mol. The van der Waals surface area contributed by atoms with Crippen molar-refractivity contribution in [3.8, 4) is 0 Å². The van der Waals surface area contributed by atoms with Gasteiger partial charge in [-0.3, -0.25) is 4.79 Å². The second-order valence-electron chi connectivity index (χ2n) is 5.22. The molecule has 2 rings (SSSR count). The summed E-state index contributed by atoms with van der Waals surface area (Å²) in [6.45, 7) is 3.13. The second kappa shape index (κ2) is 6.70. The van der Waals surface area contributed by atoms with E-state index < -0.39 is 29.7 Å². The van der Waals surface area contributed by atoms with E-state index in [2.05, 4.69) is 5.32 Å². The highest BCUT2D eigenvalue weighted by Crippen LogP contribution is 2.19. The summed E-state index contributed by atoms with van der Waals surface area (Å²) in [6, 6.07) is 4.71. The molecule has 2 atom stereocenters. The Morgan fingerprint density at radius 1 is 1.36 bits per heavy atom. The van der Waals surface area contributed by atoms with Crippen LogP contribution in [0.5, 0.6) is 0 Å². The lowest BCUT2D eigenvalue weighted by Gasteiger charge is -2.17. The van der Waals surface area contributed by atoms with Crippen LogP contribution in [0.15, 0.2) is 34.9 Å². The zero-order chi connectivity index (χ0) is 16.3. The molecule has 0 aliphatic rings. The lowest BCUT2D eigenvalue weighted by Crippen LogP contribution is -2.34. The Bertz CT molecular complexity index is 656. The predicted octanol–water partition coefficient (Wildman–Crippen LogP) is 3.11. The molecule has 118 valence electrons. The van der Waals surface area contributed by atoms with Crippen molar-refractivity contribution in [2.45, 2.75) is 32.4 Å². The number of furan rings is 1. The molecule has 0 aliphatic heterocycles. The molecule has 1 amide bonds. The standard InChI is InChI=1S/C16H17F2NO3/c1-9-6-11(13(18)8-12(9)17)16(21)19-10(2)7-14(20)15-4-3-5-22-15/h3-6,8,10,14,20H,7H2,1-2H3,(H,19,21). The van der Waals surface area contributed by atoms with Gasteiger partial charge in [0, 0.05) is 18.5 Å². The Kier molecular flexibility index (Phi) is 4.92. The predicted molar refractivity (Wildman–Crippen MR) is 76.3 cm³/mol. The molecular formula is C16H17F2NO3. The van der Waals surface area contributed by atoms with Gasteiger partial charge in [-0.1, -0.05) is 0 Å². The third-order valence-corrected chi connectivity index (χ3v) is 3.32. The molecular weight excluding hydrogens is 292 g/mol. The smallest absolute Gasteiger partial charge is 0.254 e. The summed E-state index contributed by atoms with van der Waals surface area (Å²) in [7, 11) is 0. The Balaban J connectivity index is 2.01. The molecule has 0 radical (unpaired) electrons. The number of aliphatic hydroxyl groups is 1. The molecule has 22 heavy (non-hydrogen) atoms. The first-order chi connectivity index (χ1) is 10.4. The van der Waals surface area contributed by atoms with Crippen LogP contribution in [0.4, 0.5) is 8.78 Å². The van der Waals surface area contributed by atoms with Gasteiger partial charge < -0.3 is 14.8 Å². The van der Waals surface area contributed by atoms with Crippen molar-refractivity contribution in [3.05, 3.63) is 59.1 Å². The Morgan fingerprint density at radius 3 is 2.73 bits per heavy atom. The maximum atomic E-state index is 13.7.